The zero-order valence-electron chi connectivity index (χ0n) is 14.0. The lowest BCUT2D eigenvalue weighted by molar-refractivity contribution is -0.116. The number of rotatable bonds is 6. The molecule has 0 atom stereocenters. The minimum Gasteiger partial charge on any atom is -0.478 e. The number of aryl methyl sites for hydroxylation is 1. The minimum absolute atomic E-state index is 0.0292. The van der Waals surface area contributed by atoms with Crippen molar-refractivity contribution in [2.24, 2.45) is 0 Å². The van der Waals surface area contributed by atoms with Gasteiger partial charge >= 0.3 is 5.97 Å². The molecule has 138 valence electrons. The summed E-state index contributed by atoms with van der Waals surface area (Å²) in [6.07, 6.45) is 0.279. The van der Waals surface area contributed by atoms with Crippen molar-refractivity contribution in [3.8, 4) is 10.4 Å². The summed E-state index contributed by atoms with van der Waals surface area (Å²) < 4.78 is 13.6. The third-order valence-electron chi connectivity index (χ3n) is 3.96. The highest BCUT2D eigenvalue weighted by Gasteiger charge is 2.21. The van der Waals surface area contributed by atoms with E-state index >= 15 is 0 Å². The van der Waals surface area contributed by atoms with Gasteiger partial charge in [-0.05, 0) is 35.7 Å². The highest BCUT2D eigenvalue weighted by atomic mass is 35.5. The number of hydrogen-bond donors (Lipinski definition) is 2. The molecule has 2 N–H and O–H groups in total. The second-order valence-corrected chi connectivity index (χ2v) is 7.12. The quantitative estimate of drug-likeness (QED) is 0.573. The molecule has 0 bridgehead atoms. The zero-order valence-corrected chi connectivity index (χ0v) is 15.6. The third kappa shape index (κ3) is 4.53. The van der Waals surface area contributed by atoms with Gasteiger partial charge in [0.25, 0.3) is 0 Å². The maximum absolute atomic E-state index is 13.6. The fraction of sp³-hybridized carbons (Fsp3) is 0.100. The molecule has 0 spiro atoms. The predicted molar refractivity (Wildman–Crippen MR) is 105 cm³/mol. The number of anilines is 1. The Labute approximate surface area is 164 Å². The van der Waals surface area contributed by atoms with Gasteiger partial charge in [0.1, 0.15) is 11.4 Å². The molecule has 4 nitrogen and oxygen atoms in total. The van der Waals surface area contributed by atoms with Crippen LogP contribution in [0.1, 0.15) is 22.3 Å². The fourth-order valence-electron chi connectivity index (χ4n) is 2.64. The first kappa shape index (κ1) is 19.1. The molecular formula is C20H15ClFNO3S. The molecule has 0 aliphatic heterocycles. The number of amides is 1. The van der Waals surface area contributed by atoms with E-state index in [0.717, 1.165) is 0 Å². The highest BCUT2D eigenvalue weighted by molar-refractivity contribution is 7.14. The Morgan fingerprint density at radius 3 is 2.48 bits per heavy atom. The van der Waals surface area contributed by atoms with E-state index in [0.29, 0.717) is 21.0 Å². The fourth-order valence-corrected chi connectivity index (χ4v) is 3.76. The number of carboxylic acids is 1. The summed E-state index contributed by atoms with van der Waals surface area (Å²) in [5.74, 6) is -1.87. The van der Waals surface area contributed by atoms with Crippen LogP contribution in [0.5, 0.6) is 0 Å². The van der Waals surface area contributed by atoms with Gasteiger partial charge in [-0.3, -0.25) is 4.79 Å². The average Bonchev–Trinajstić information content (AvgIpc) is 3.05. The van der Waals surface area contributed by atoms with Gasteiger partial charge in [-0.15, -0.1) is 11.3 Å². The van der Waals surface area contributed by atoms with Gasteiger partial charge in [0.05, 0.1) is 10.6 Å². The van der Waals surface area contributed by atoms with Crippen LogP contribution >= 0.6 is 22.9 Å². The van der Waals surface area contributed by atoms with Gasteiger partial charge in [0, 0.05) is 16.8 Å². The summed E-state index contributed by atoms with van der Waals surface area (Å²) in [6, 6.07) is 13.1. The molecular weight excluding hydrogens is 389 g/mol. The second-order valence-electron chi connectivity index (χ2n) is 5.81. The molecule has 0 aliphatic rings. The van der Waals surface area contributed by atoms with Crippen LogP contribution in [0, 0.1) is 5.82 Å². The van der Waals surface area contributed by atoms with Gasteiger partial charge in [-0.1, -0.05) is 41.9 Å². The number of thiophene rings is 1. The Morgan fingerprint density at radius 2 is 1.81 bits per heavy atom. The van der Waals surface area contributed by atoms with E-state index in [1.54, 1.807) is 47.8 Å². The molecule has 3 rings (SSSR count). The van der Waals surface area contributed by atoms with Crippen molar-refractivity contribution in [3.63, 3.8) is 0 Å². The molecule has 0 saturated carbocycles. The van der Waals surface area contributed by atoms with Gasteiger partial charge in [-0.25, -0.2) is 9.18 Å². The Bertz CT molecular complexity index is 985. The summed E-state index contributed by atoms with van der Waals surface area (Å²) in [5, 5.41) is 14.4. The van der Waals surface area contributed by atoms with Gasteiger partial charge < -0.3 is 10.4 Å². The van der Waals surface area contributed by atoms with Gasteiger partial charge in [-0.2, -0.15) is 0 Å². The maximum atomic E-state index is 13.6. The van der Waals surface area contributed by atoms with Crippen molar-refractivity contribution in [2.75, 3.05) is 5.32 Å². The largest absolute Gasteiger partial charge is 0.478 e. The molecule has 1 amide bonds. The van der Waals surface area contributed by atoms with Crippen molar-refractivity contribution in [2.45, 2.75) is 12.8 Å². The Hall–Kier alpha value is -2.70. The van der Waals surface area contributed by atoms with Crippen LogP contribution in [0.25, 0.3) is 10.4 Å². The van der Waals surface area contributed by atoms with Crippen molar-refractivity contribution in [1.82, 2.24) is 0 Å². The van der Waals surface area contributed by atoms with Crippen molar-refractivity contribution >= 4 is 40.5 Å². The second kappa shape index (κ2) is 8.33. The SMILES string of the molecule is O=C(CCc1ccccc1F)Nc1csc(-c2ccc(Cl)cc2)c1C(=O)O. The smallest absolute Gasteiger partial charge is 0.339 e. The monoisotopic (exact) mass is 403 g/mol. The highest BCUT2D eigenvalue weighted by Crippen LogP contribution is 2.36. The van der Waals surface area contributed by atoms with E-state index < -0.39 is 5.97 Å². The lowest BCUT2D eigenvalue weighted by Crippen LogP contribution is -2.14. The van der Waals surface area contributed by atoms with Crippen molar-refractivity contribution < 1.29 is 19.1 Å². The van der Waals surface area contributed by atoms with Crippen LogP contribution in [0.3, 0.4) is 0 Å². The van der Waals surface area contributed by atoms with Crippen molar-refractivity contribution in [3.05, 3.63) is 75.9 Å². The number of carbonyl (C=O) groups is 2. The number of halogens is 2. The van der Waals surface area contributed by atoms with Crippen LogP contribution in [0.4, 0.5) is 10.1 Å². The summed E-state index contributed by atoms with van der Waals surface area (Å²) in [7, 11) is 0. The summed E-state index contributed by atoms with van der Waals surface area (Å²) in [4.78, 5) is 24.5. The number of aromatic carboxylic acids is 1. The zero-order chi connectivity index (χ0) is 19.4. The lowest BCUT2D eigenvalue weighted by atomic mass is 10.1. The Morgan fingerprint density at radius 1 is 1.11 bits per heavy atom. The Kier molecular flexibility index (Phi) is 5.88. The van der Waals surface area contributed by atoms with E-state index in [1.807, 2.05) is 0 Å². The summed E-state index contributed by atoms with van der Waals surface area (Å²) in [5.41, 5.74) is 1.41. The molecule has 0 radical (unpaired) electrons. The molecule has 3 aromatic rings. The van der Waals surface area contributed by atoms with Gasteiger partial charge in [0.15, 0.2) is 0 Å². The maximum Gasteiger partial charge on any atom is 0.339 e. The molecule has 1 aromatic heterocycles. The molecule has 0 unspecified atom stereocenters. The molecule has 0 aliphatic carbocycles. The van der Waals surface area contributed by atoms with E-state index in [1.165, 1.54) is 17.4 Å². The summed E-state index contributed by atoms with van der Waals surface area (Å²) >= 11 is 7.10. The molecule has 27 heavy (non-hydrogen) atoms. The number of carbonyl (C=O) groups excluding carboxylic acids is 1. The lowest BCUT2D eigenvalue weighted by Gasteiger charge is -2.07. The summed E-state index contributed by atoms with van der Waals surface area (Å²) in [6.45, 7) is 0. The molecule has 2 aromatic carbocycles. The first-order valence-electron chi connectivity index (χ1n) is 8.09. The van der Waals surface area contributed by atoms with E-state index in [2.05, 4.69) is 5.32 Å². The van der Waals surface area contributed by atoms with Crippen LogP contribution in [-0.4, -0.2) is 17.0 Å². The molecule has 1 heterocycles. The molecule has 0 fully saturated rings. The normalized spacial score (nSPS) is 10.6. The first-order chi connectivity index (χ1) is 13.0. The first-order valence-corrected chi connectivity index (χ1v) is 9.35. The molecule has 0 saturated heterocycles. The number of hydrogen-bond acceptors (Lipinski definition) is 3. The minimum atomic E-state index is -1.13. The van der Waals surface area contributed by atoms with Crippen LogP contribution in [0.2, 0.25) is 5.02 Å². The number of nitrogens with one attached hydrogen (secondary N) is 1. The number of benzene rings is 2. The van der Waals surface area contributed by atoms with Crippen LogP contribution in [-0.2, 0) is 11.2 Å². The van der Waals surface area contributed by atoms with Crippen molar-refractivity contribution in [1.29, 1.82) is 0 Å². The molecule has 7 heteroatoms. The Balaban J connectivity index is 1.76. The topological polar surface area (TPSA) is 66.4 Å². The van der Waals surface area contributed by atoms with E-state index in [4.69, 9.17) is 11.6 Å². The third-order valence-corrected chi connectivity index (χ3v) is 5.25. The van der Waals surface area contributed by atoms with Crippen LogP contribution < -0.4 is 5.32 Å². The number of carboxylic acid groups (broad SMARTS) is 1. The predicted octanol–water partition coefficient (Wildman–Crippen LogP) is 5.48. The average molecular weight is 404 g/mol. The van der Waals surface area contributed by atoms with Crippen LogP contribution in [0.15, 0.2) is 53.9 Å². The van der Waals surface area contributed by atoms with E-state index in [-0.39, 0.29) is 35.8 Å². The van der Waals surface area contributed by atoms with E-state index in [9.17, 15) is 19.1 Å². The standard InChI is InChI=1S/C20H15ClFNO3S/c21-14-8-5-13(6-9-14)19-18(20(25)26)16(11-27-19)23-17(24)10-7-12-3-1-2-4-15(12)22/h1-6,8-9,11H,7,10H2,(H,23,24)(H,25,26). The van der Waals surface area contributed by atoms with Gasteiger partial charge in [0.2, 0.25) is 5.91 Å².